The van der Waals surface area contributed by atoms with Crippen molar-refractivity contribution in [2.24, 2.45) is 0 Å². The van der Waals surface area contributed by atoms with Gasteiger partial charge in [-0.05, 0) is 0 Å². The predicted molar refractivity (Wildman–Crippen MR) is 20.8 cm³/mol. The zero-order valence-electron chi connectivity index (χ0n) is 2.32. The smallest absolute Gasteiger partial charge is 0.0716 e. The molecule has 0 radical (unpaired) electrons. The molecule has 0 saturated carbocycles. The van der Waals surface area contributed by atoms with Gasteiger partial charge < -0.3 is 0 Å². The van der Waals surface area contributed by atoms with E-state index < -0.39 is 0 Å². The van der Waals surface area contributed by atoms with Crippen molar-refractivity contribution in [3.63, 3.8) is 0 Å². The van der Waals surface area contributed by atoms with Gasteiger partial charge in [0.15, 0.2) is 0 Å². The molecule has 0 bridgehead atoms. The third-order valence-corrected chi connectivity index (χ3v) is 0. The molecule has 0 N–H and O–H groups in total. The van der Waals surface area contributed by atoms with Crippen molar-refractivity contribution < 1.29 is 19.5 Å². The molecule has 0 aromatic heterocycles. The van der Waals surface area contributed by atoms with Gasteiger partial charge in [0, 0.05) is 19.5 Å². The van der Waals surface area contributed by atoms with Crippen LogP contribution in [0.2, 0.25) is 0 Å². The van der Waals surface area contributed by atoms with Gasteiger partial charge >= 0.3 is 0 Å². The Balaban J connectivity index is 0. The van der Waals surface area contributed by atoms with Gasteiger partial charge in [0.05, 0.1) is 4.49 Å². The summed E-state index contributed by atoms with van der Waals surface area (Å²) in [6.45, 7) is 3.09. The number of halogens is 2. The molecule has 0 aromatic carbocycles. The topological polar surface area (TPSA) is 0 Å². The summed E-state index contributed by atoms with van der Waals surface area (Å²) < 4.78 is 0.111. The Morgan fingerprint density at radius 2 is 1.40 bits per heavy atom. The maximum atomic E-state index is 4.85. The summed E-state index contributed by atoms with van der Waals surface area (Å²) >= 11 is 9.69. The summed E-state index contributed by atoms with van der Waals surface area (Å²) in [5, 5.41) is 0. The van der Waals surface area contributed by atoms with E-state index in [2.05, 4.69) is 6.58 Å². The summed E-state index contributed by atoms with van der Waals surface area (Å²) in [6.07, 6.45) is 0. The van der Waals surface area contributed by atoms with E-state index in [0.29, 0.717) is 0 Å². The van der Waals surface area contributed by atoms with Crippen molar-refractivity contribution in [1.82, 2.24) is 0 Å². The van der Waals surface area contributed by atoms with Crippen LogP contribution >= 0.6 is 23.2 Å². The minimum Gasteiger partial charge on any atom is -0.0716 e. The number of hydrogen-bond acceptors (Lipinski definition) is 0. The molecule has 32 valence electrons. The van der Waals surface area contributed by atoms with E-state index in [0.717, 1.165) is 0 Å². The average Bonchev–Trinajstić information content (AvgIpc) is 0.811. The fourth-order valence-electron chi connectivity index (χ4n) is 0. The Hall–Kier alpha value is 0.943. The van der Waals surface area contributed by atoms with Crippen LogP contribution in [0.3, 0.4) is 0 Å². The van der Waals surface area contributed by atoms with E-state index in [1.165, 1.54) is 0 Å². The molecular formula is C2H2Cl2Ru. The Kier molecular flexibility index (Phi) is 9.23. The fraction of sp³-hybridized carbons (Fsp3) is 0. The maximum Gasteiger partial charge on any atom is 0.0992 e. The van der Waals surface area contributed by atoms with Crippen molar-refractivity contribution in [1.29, 1.82) is 0 Å². The third kappa shape index (κ3) is 48.1. The van der Waals surface area contributed by atoms with Crippen LogP contribution in [0, 0.1) is 0 Å². The Bertz CT molecular complexity index is 30.6. The van der Waals surface area contributed by atoms with Crippen molar-refractivity contribution in [2.75, 3.05) is 0 Å². The normalized spacial score (nSPS) is 5.20. The molecule has 0 aliphatic heterocycles. The maximum absolute atomic E-state index is 4.85. The van der Waals surface area contributed by atoms with Crippen LogP contribution in [-0.2, 0) is 19.5 Å². The van der Waals surface area contributed by atoms with Gasteiger partial charge in [0.25, 0.3) is 0 Å². The summed E-state index contributed by atoms with van der Waals surface area (Å²) in [5.41, 5.74) is 0. The summed E-state index contributed by atoms with van der Waals surface area (Å²) in [5.74, 6) is 0. The van der Waals surface area contributed by atoms with Crippen molar-refractivity contribution in [2.45, 2.75) is 0 Å². The number of rotatable bonds is 0. The van der Waals surface area contributed by atoms with Crippen molar-refractivity contribution in [3.8, 4) is 0 Å². The molecule has 3 heteroatoms. The monoisotopic (exact) mass is 198 g/mol. The molecule has 0 aliphatic rings. The van der Waals surface area contributed by atoms with Gasteiger partial charge in [0.2, 0.25) is 0 Å². The molecular weight excluding hydrogens is 196 g/mol. The summed E-state index contributed by atoms with van der Waals surface area (Å²) in [6, 6.07) is 0. The van der Waals surface area contributed by atoms with Crippen LogP contribution in [-0.4, -0.2) is 0 Å². The van der Waals surface area contributed by atoms with Crippen LogP contribution in [0.4, 0.5) is 0 Å². The first kappa shape index (κ1) is 9.34. The zero-order chi connectivity index (χ0) is 3.58. The first-order valence-electron chi connectivity index (χ1n) is 0.732. The van der Waals surface area contributed by atoms with Gasteiger partial charge in [-0.1, -0.05) is 29.8 Å². The van der Waals surface area contributed by atoms with Crippen LogP contribution in [0.25, 0.3) is 0 Å². The van der Waals surface area contributed by atoms with E-state index in [1.54, 1.807) is 0 Å². The van der Waals surface area contributed by atoms with Gasteiger partial charge in [-0.25, -0.2) is 0 Å². The Morgan fingerprint density at radius 1 is 1.40 bits per heavy atom. The second kappa shape index (κ2) is 4.94. The van der Waals surface area contributed by atoms with Gasteiger partial charge in [-0.3, -0.25) is 0 Å². The molecule has 0 spiro atoms. The molecule has 0 saturated heterocycles. The van der Waals surface area contributed by atoms with Crippen molar-refractivity contribution >= 4 is 23.2 Å². The van der Waals surface area contributed by atoms with E-state index in [1.807, 2.05) is 0 Å². The Morgan fingerprint density at radius 3 is 1.40 bits per heavy atom. The van der Waals surface area contributed by atoms with Crippen LogP contribution < -0.4 is 0 Å². The second-order valence-corrected chi connectivity index (χ2v) is 1.44. The van der Waals surface area contributed by atoms with E-state index in [9.17, 15) is 0 Å². The average molecular weight is 198 g/mol. The standard InChI is InChI=1S/C2H2Cl2.Ru/c1-2(3)4;/h1H2;. The SMILES string of the molecule is C=C(Cl)Cl.[Ru]. The third-order valence-electron chi connectivity index (χ3n) is 0. The van der Waals surface area contributed by atoms with E-state index >= 15 is 0 Å². The quantitative estimate of drug-likeness (QED) is 0.521. The minimum atomic E-state index is 0. The van der Waals surface area contributed by atoms with E-state index in [4.69, 9.17) is 23.2 Å². The first-order chi connectivity index (χ1) is 1.73. The van der Waals surface area contributed by atoms with Crippen LogP contribution in [0.5, 0.6) is 0 Å². The zero-order valence-corrected chi connectivity index (χ0v) is 5.57. The second-order valence-electron chi connectivity index (χ2n) is 0.339. The largest absolute Gasteiger partial charge is 0.0992 e. The molecule has 0 aliphatic carbocycles. The van der Waals surface area contributed by atoms with Crippen LogP contribution in [0.15, 0.2) is 11.1 Å². The van der Waals surface area contributed by atoms with Crippen LogP contribution in [0.1, 0.15) is 0 Å². The first-order valence-corrected chi connectivity index (χ1v) is 1.49. The van der Waals surface area contributed by atoms with E-state index in [-0.39, 0.29) is 24.0 Å². The molecule has 0 nitrogen and oxygen atoms in total. The molecule has 0 atom stereocenters. The fourth-order valence-corrected chi connectivity index (χ4v) is 0. The molecule has 0 amide bonds. The van der Waals surface area contributed by atoms with Gasteiger partial charge in [-0.2, -0.15) is 0 Å². The molecule has 0 aromatic rings. The molecule has 0 heterocycles. The summed E-state index contributed by atoms with van der Waals surface area (Å²) in [7, 11) is 0. The summed E-state index contributed by atoms with van der Waals surface area (Å²) in [4.78, 5) is 0. The van der Waals surface area contributed by atoms with Crippen molar-refractivity contribution in [3.05, 3.63) is 11.1 Å². The Labute approximate surface area is 53.9 Å². The predicted octanol–water partition coefficient (Wildman–Crippen LogP) is 1.93. The molecule has 0 rings (SSSR count). The number of hydrogen-bond donors (Lipinski definition) is 0. The van der Waals surface area contributed by atoms with Gasteiger partial charge in [0.1, 0.15) is 0 Å². The van der Waals surface area contributed by atoms with Gasteiger partial charge in [-0.15, -0.1) is 0 Å². The minimum absolute atomic E-state index is 0. The molecule has 0 unspecified atom stereocenters. The molecule has 0 fully saturated rings. The molecule has 5 heavy (non-hydrogen) atoms.